The van der Waals surface area contributed by atoms with Gasteiger partial charge in [0, 0.05) is 10.6 Å². The van der Waals surface area contributed by atoms with Gasteiger partial charge in [-0.1, -0.05) is 18.2 Å². The molecule has 8 N–H and O–H groups in total. The van der Waals surface area contributed by atoms with E-state index in [0.29, 0.717) is 4.68 Å². The number of imidazole rings is 1. The van der Waals surface area contributed by atoms with E-state index in [-0.39, 0.29) is 23.5 Å². The fourth-order valence-corrected chi connectivity index (χ4v) is 4.55. The van der Waals surface area contributed by atoms with Crippen LogP contribution in [0.1, 0.15) is 6.23 Å². The molecule has 178 valence electrons. The summed E-state index contributed by atoms with van der Waals surface area (Å²) in [6.07, 6.45) is -6.73. The summed E-state index contributed by atoms with van der Waals surface area (Å²) >= 11 is 1.36. The minimum atomic E-state index is -1.60. The van der Waals surface area contributed by atoms with Crippen LogP contribution in [0.3, 0.4) is 0 Å². The van der Waals surface area contributed by atoms with Crippen LogP contribution in [0, 0.1) is 0 Å². The van der Waals surface area contributed by atoms with Gasteiger partial charge in [-0.2, -0.15) is 9.66 Å². The van der Waals surface area contributed by atoms with Gasteiger partial charge in [0.15, 0.2) is 17.4 Å². The lowest BCUT2D eigenvalue weighted by molar-refractivity contribution is -0.0528. The molecule has 0 aliphatic carbocycles. The van der Waals surface area contributed by atoms with E-state index in [4.69, 9.17) is 16.3 Å². The van der Waals surface area contributed by atoms with E-state index in [1.54, 1.807) is 0 Å². The van der Waals surface area contributed by atoms with Gasteiger partial charge in [-0.15, -0.1) is 11.8 Å². The van der Waals surface area contributed by atoms with Gasteiger partial charge < -0.3 is 36.7 Å². The fourth-order valence-electron chi connectivity index (χ4n) is 3.71. The molecule has 2 aromatic heterocycles. The number of nitrogens with two attached hydrogens (primary N) is 2. The molecular formula is C19H24N6O7S. The zero-order chi connectivity index (χ0) is 23.9. The maximum Gasteiger partial charge on any atom is 0.332 e. The van der Waals surface area contributed by atoms with Crippen molar-refractivity contribution in [1.29, 1.82) is 0 Å². The highest BCUT2D eigenvalue weighted by molar-refractivity contribution is 7.99. The number of thioether (sulfide) groups is 1. The van der Waals surface area contributed by atoms with Gasteiger partial charge in [0.1, 0.15) is 18.3 Å². The summed E-state index contributed by atoms with van der Waals surface area (Å²) in [5, 5.41) is 40.5. The summed E-state index contributed by atoms with van der Waals surface area (Å²) in [5.41, 5.74) is 3.53. The highest BCUT2D eigenvalue weighted by atomic mass is 32.2. The lowest BCUT2D eigenvalue weighted by Crippen LogP contribution is -2.37. The van der Waals surface area contributed by atoms with Crippen molar-refractivity contribution in [2.45, 2.75) is 42.1 Å². The Balaban J connectivity index is 1.75. The van der Waals surface area contributed by atoms with E-state index in [1.807, 2.05) is 30.3 Å². The molecule has 1 fully saturated rings. The number of ether oxygens (including phenoxy) is 1. The Morgan fingerprint density at radius 3 is 2.52 bits per heavy atom. The molecule has 1 aliphatic rings. The van der Waals surface area contributed by atoms with E-state index in [9.17, 15) is 30.0 Å². The van der Waals surface area contributed by atoms with Crippen LogP contribution in [0.25, 0.3) is 11.2 Å². The molecule has 0 radical (unpaired) electrons. The Labute approximate surface area is 190 Å². The quantitative estimate of drug-likeness (QED) is 0.153. The summed E-state index contributed by atoms with van der Waals surface area (Å²) in [6, 6.07) is 9.32. The Kier molecular flexibility index (Phi) is 6.47. The second-order valence-corrected chi connectivity index (χ2v) is 8.68. The number of nitrogen functional groups attached to an aromatic ring is 2. The van der Waals surface area contributed by atoms with Crippen molar-refractivity contribution in [3.8, 4) is 0 Å². The van der Waals surface area contributed by atoms with E-state index in [2.05, 4.69) is 4.98 Å². The molecule has 1 unspecified atom stereocenters. The third-order valence-electron chi connectivity index (χ3n) is 5.39. The first-order chi connectivity index (χ1) is 15.7. The minimum Gasteiger partial charge on any atom is -0.394 e. The molecule has 0 spiro atoms. The second-order valence-electron chi connectivity index (χ2n) is 7.59. The summed E-state index contributed by atoms with van der Waals surface area (Å²) in [5.74, 6) is 5.48. The predicted molar refractivity (Wildman–Crippen MR) is 119 cm³/mol. The first-order valence-corrected chi connectivity index (χ1v) is 11.0. The zero-order valence-corrected chi connectivity index (χ0v) is 18.1. The number of hydrogen-bond acceptors (Lipinski definition) is 11. The molecule has 1 aromatic carbocycles. The van der Waals surface area contributed by atoms with Crippen LogP contribution in [0.5, 0.6) is 0 Å². The van der Waals surface area contributed by atoms with Crippen LogP contribution in [-0.2, 0) is 11.3 Å². The van der Waals surface area contributed by atoms with Crippen molar-refractivity contribution >= 4 is 28.9 Å². The first kappa shape index (κ1) is 23.3. The van der Waals surface area contributed by atoms with Gasteiger partial charge in [0.05, 0.1) is 19.3 Å². The number of aliphatic hydroxyl groups is 4. The van der Waals surface area contributed by atoms with Crippen LogP contribution in [0.4, 0.5) is 5.95 Å². The molecule has 1 aliphatic heterocycles. The summed E-state index contributed by atoms with van der Waals surface area (Å²) in [4.78, 5) is 31.1. The third kappa shape index (κ3) is 4.12. The average molecular weight is 481 g/mol. The van der Waals surface area contributed by atoms with Crippen molar-refractivity contribution in [2.24, 2.45) is 0 Å². The number of aromatic nitrogens is 4. The molecule has 5 atom stereocenters. The Bertz CT molecular complexity index is 1260. The lowest BCUT2D eigenvalue weighted by atomic mass is 10.1. The normalized spacial score (nSPS) is 23.9. The molecule has 14 heteroatoms. The Morgan fingerprint density at radius 2 is 1.88 bits per heavy atom. The first-order valence-electron chi connectivity index (χ1n) is 10.0. The van der Waals surface area contributed by atoms with Gasteiger partial charge in [0.25, 0.3) is 5.56 Å². The third-order valence-corrected chi connectivity index (χ3v) is 6.54. The average Bonchev–Trinajstić information content (AvgIpc) is 3.24. The van der Waals surface area contributed by atoms with Crippen LogP contribution in [0.2, 0.25) is 0 Å². The SMILES string of the molecule is Nc1nc2c(c(=O)n1N)n(CC(O)CSc1ccccc1)c(=O)n2[C@@H]1O[C@H](CO)[C@@H](O)[C@H]1O. The van der Waals surface area contributed by atoms with E-state index >= 15 is 0 Å². The highest BCUT2D eigenvalue weighted by Crippen LogP contribution is 2.30. The highest BCUT2D eigenvalue weighted by Gasteiger charge is 2.45. The standard InChI is InChI=1S/C19H24N6O7S/c20-18-22-15-12(16(30)25(18)21)23(6-9(27)8-33-10-4-2-1-3-5-10)19(31)24(15)17-14(29)13(28)11(7-26)32-17/h1-5,9,11,13-14,17,26-29H,6-8,21H2,(H2,20,22)/t9?,11-,13-,14-,17-/m1/s1. The number of benzene rings is 1. The van der Waals surface area contributed by atoms with Crippen LogP contribution in [-0.4, -0.2) is 76.0 Å². The molecule has 4 rings (SSSR count). The number of aliphatic hydroxyl groups excluding tert-OH is 4. The predicted octanol–water partition coefficient (Wildman–Crippen LogP) is -2.58. The fraction of sp³-hybridized carbons (Fsp3) is 0.421. The van der Waals surface area contributed by atoms with Crippen LogP contribution < -0.4 is 22.8 Å². The summed E-state index contributed by atoms with van der Waals surface area (Å²) in [7, 11) is 0. The van der Waals surface area contributed by atoms with Gasteiger partial charge in [-0.3, -0.25) is 9.36 Å². The molecule has 0 saturated carbocycles. The monoisotopic (exact) mass is 480 g/mol. The van der Waals surface area contributed by atoms with Crippen molar-refractivity contribution in [2.75, 3.05) is 23.9 Å². The number of rotatable bonds is 7. The van der Waals surface area contributed by atoms with Crippen LogP contribution in [0.15, 0.2) is 44.8 Å². The van der Waals surface area contributed by atoms with E-state index in [0.717, 1.165) is 14.0 Å². The molecule has 0 amide bonds. The number of hydrogen-bond donors (Lipinski definition) is 6. The second kappa shape index (κ2) is 9.17. The molecule has 0 bridgehead atoms. The summed E-state index contributed by atoms with van der Waals surface area (Å²) in [6.45, 7) is -0.888. The summed E-state index contributed by atoms with van der Waals surface area (Å²) < 4.78 is 7.87. The largest absolute Gasteiger partial charge is 0.394 e. The Morgan fingerprint density at radius 1 is 1.18 bits per heavy atom. The smallest absolute Gasteiger partial charge is 0.332 e. The molecule has 13 nitrogen and oxygen atoms in total. The van der Waals surface area contributed by atoms with E-state index in [1.165, 1.54) is 11.8 Å². The van der Waals surface area contributed by atoms with Crippen molar-refractivity contribution in [3.63, 3.8) is 0 Å². The zero-order valence-electron chi connectivity index (χ0n) is 17.3. The van der Waals surface area contributed by atoms with Gasteiger partial charge in [-0.25, -0.2) is 9.36 Å². The molecule has 1 saturated heterocycles. The molecule has 3 aromatic rings. The van der Waals surface area contributed by atoms with Crippen molar-refractivity contribution < 1.29 is 25.2 Å². The maximum atomic E-state index is 13.3. The minimum absolute atomic E-state index is 0.218. The van der Waals surface area contributed by atoms with Crippen molar-refractivity contribution in [1.82, 2.24) is 18.8 Å². The molecule has 33 heavy (non-hydrogen) atoms. The van der Waals surface area contributed by atoms with Gasteiger partial charge in [-0.05, 0) is 12.1 Å². The topological polar surface area (TPSA) is 204 Å². The molecule has 3 heterocycles. The van der Waals surface area contributed by atoms with Gasteiger partial charge in [0.2, 0.25) is 5.95 Å². The van der Waals surface area contributed by atoms with Gasteiger partial charge >= 0.3 is 5.69 Å². The van der Waals surface area contributed by atoms with E-state index < -0.39 is 54.4 Å². The van der Waals surface area contributed by atoms with Crippen LogP contribution >= 0.6 is 11.8 Å². The maximum absolute atomic E-state index is 13.3. The lowest BCUT2D eigenvalue weighted by Gasteiger charge is -2.16. The number of nitrogens with zero attached hydrogens (tertiary/aromatic N) is 4. The Hall–Kier alpha value is -2.88. The van der Waals surface area contributed by atoms with Crippen molar-refractivity contribution in [3.05, 3.63) is 51.2 Å². The number of fused-ring (bicyclic) bond motifs is 1. The number of anilines is 1. The molecular weight excluding hydrogens is 456 g/mol.